The summed E-state index contributed by atoms with van der Waals surface area (Å²) in [7, 11) is 1.98. The van der Waals surface area contributed by atoms with Gasteiger partial charge in [0.1, 0.15) is 5.82 Å². The lowest BCUT2D eigenvalue weighted by atomic mass is 10.1. The van der Waals surface area contributed by atoms with Crippen molar-refractivity contribution >= 4 is 22.9 Å². The third-order valence-corrected chi connectivity index (χ3v) is 4.55. The van der Waals surface area contributed by atoms with Crippen LogP contribution in [0.5, 0.6) is 0 Å². The molecule has 20 heavy (non-hydrogen) atoms. The van der Waals surface area contributed by atoms with Crippen molar-refractivity contribution in [3.63, 3.8) is 0 Å². The molecule has 2 rings (SSSR count). The highest BCUT2D eigenvalue weighted by atomic mass is 35.5. The van der Waals surface area contributed by atoms with Crippen LogP contribution in [0, 0.1) is 12.7 Å². The van der Waals surface area contributed by atoms with E-state index in [9.17, 15) is 4.39 Å². The lowest BCUT2D eigenvalue weighted by Gasteiger charge is -2.27. The van der Waals surface area contributed by atoms with Crippen molar-refractivity contribution < 1.29 is 4.39 Å². The fraction of sp³-hybridized carbons (Fsp3) is 0.357. The van der Waals surface area contributed by atoms with Crippen LogP contribution in [0.1, 0.15) is 22.2 Å². The van der Waals surface area contributed by atoms with E-state index in [1.807, 2.05) is 25.5 Å². The maximum absolute atomic E-state index is 13.6. The minimum atomic E-state index is -0.412. The number of hydrogen-bond donors (Lipinski definition) is 1. The number of benzene rings is 1. The molecular weight excluding hydrogens is 297 g/mol. The Morgan fingerprint density at radius 3 is 2.80 bits per heavy atom. The quantitative estimate of drug-likeness (QED) is 0.920. The van der Waals surface area contributed by atoms with Crippen LogP contribution in [0.25, 0.3) is 0 Å². The molecule has 0 aliphatic heterocycles. The largest absolute Gasteiger partial charge is 0.329 e. The third kappa shape index (κ3) is 3.35. The van der Waals surface area contributed by atoms with Gasteiger partial charge in [-0.05, 0) is 31.7 Å². The fourth-order valence-electron chi connectivity index (χ4n) is 2.10. The van der Waals surface area contributed by atoms with Gasteiger partial charge in [-0.15, -0.1) is 11.3 Å². The standard InChI is InChI=1S/C14H17ClFN3S/c1-9-14(20-8-18-9)7-19(2)13(6-17)10-3-4-11(15)12(16)5-10/h3-5,8,13H,6-7,17H2,1-2H3. The molecule has 3 nitrogen and oxygen atoms in total. The summed E-state index contributed by atoms with van der Waals surface area (Å²) in [4.78, 5) is 7.53. The molecule has 0 radical (unpaired) electrons. The minimum absolute atomic E-state index is 0.0525. The number of nitrogens with zero attached hydrogens (tertiary/aromatic N) is 2. The molecule has 0 bridgehead atoms. The molecule has 2 aromatic rings. The first kappa shape index (κ1) is 15.4. The van der Waals surface area contributed by atoms with Gasteiger partial charge < -0.3 is 5.73 Å². The number of hydrogen-bond acceptors (Lipinski definition) is 4. The average molecular weight is 314 g/mol. The summed E-state index contributed by atoms with van der Waals surface area (Å²) < 4.78 is 13.6. The normalized spacial score (nSPS) is 12.9. The molecule has 1 heterocycles. The van der Waals surface area contributed by atoms with Gasteiger partial charge in [-0.3, -0.25) is 4.90 Å². The molecule has 0 spiro atoms. The second-order valence-electron chi connectivity index (χ2n) is 4.70. The number of aryl methyl sites for hydroxylation is 1. The molecule has 0 aliphatic carbocycles. The minimum Gasteiger partial charge on any atom is -0.329 e. The third-order valence-electron chi connectivity index (χ3n) is 3.32. The SMILES string of the molecule is Cc1ncsc1CN(C)C(CN)c1ccc(Cl)c(F)c1. The summed E-state index contributed by atoms with van der Waals surface area (Å²) in [5.74, 6) is -0.412. The molecule has 6 heteroatoms. The van der Waals surface area contributed by atoms with Gasteiger partial charge in [-0.1, -0.05) is 17.7 Å². The Bertz CT molecular complexity index is 588. The number of thiazole rings is 1. The van der Waals surface area contributed by atoms with Gasteiger partial charge in [0.2, 0.25) is 0 Å². The van der Waals surface area contributed by atoms with E-state index in [1.54, 1.807) is 17.4 Å². The zero-order valence-corrected chi connectivity index (χ0v) is 13.0. The molecule has 0 aliphatic rings. The van der Waals surface area contributed by atoms with Crippen molar-refractivity contribution in [2.24, 2.45) is 5.73 Å². The van der Waals surface area contributed by atoms with Crippen LogP contribution in [-0.2, 0) is 6.54 Å². The summed E-state index contributed by atoms with van der Waals surface area (Å²) in [5.41, 5.74) is 9.54. The van der Waals surface area contributed by atoms with Crippen LogP contribution in [0.15, 0.2) is 23.7 Å². The molecule has 0 fully saturated rings. The van der Waals surface area contributed by atoms with Crippen molar-refractivity contribution in [3.05, 3.63) is 50.7 Å². The van der Waals surface area contributed by atoms with Gasteiger partial charge in [-0.2, -0.15) is 0 Å². The Morgan fingerprint density at radius 1 is 1.50 bits per heavy atom. The van der Waals surface area contributed by atoms with Crippen molar-refractivity contribution in [1.82, 2.24) is 9.88 Å². The monoisotopic (exact) mass is 313 g/mol. The number of likely N-dealkylation sites (N-methyl/N-ethyl adjacent to an activating group) is 1. The van der Waals surface area contributed by atoms with Crippen LogP contribution in [0.3, 0.4) is 0 Å². The van der Waals surface area contributed by atoms with Crippen molar-refractivity contribution in [1.29, 1.82) is 0 Å². The molecule has 0 saturated heterocycles. The highest BCUT2D eigenvalue weighted by Gasteiger charge is 2.18. The summed E-state index contributed by atoms with van der Waals surface area (Å²) in [6.07, 6.45) is 0. The van der Waals surface area contributed by atoms with Gasteiger partial charge in [0.15, 0.2) is 0 Å². The summed E-state index contributed by atoms with van der Waals surface area (Å²) in [5, 5.41) is 0.130. The van der Waals surface area contributed by atoms with Crippen molar-refractivity contribution in [3.8, 4) is 0 Å². The predicted molar refractivity (Wildman–Crippen MR) is 81.5 cm³/mol. The van der Waals surface area contributed by atoms with Crippen LogP contribution in [0.4, 0.5) is 4.39 Å². The molecule has 0 amide bonds. The van der Waals surface area contributed by atoms with Crippen molar-refractivity contribution in [2.75, 3.05) is 13.6 Å². The average Bonchev–Trinajstić information content (AvgIpc) is 2.80. The molecule has 1 unspecified atom stereocenters. The van der Waals surface area contributed by atoms with Gasteiger partial charge in [-0.25, -0.2) is 9.37 Å². The topological polar surface area (TPSA) is 42.2 Å². The number of nitrogens with two attached hydrogens (primary N) is 1. The predicted octanol–water partition coefficient (Wildman–Crippen LogP) is 3.38. The van der Waals surface area contributed by atoms with Gasteiger partial charge in [0, 0.05) is 24.0 Å². The van der Waals surface area contributed by atoms with Crippen LogP contribution >= 0.6 is 22.9 Å². The molecule has 1 atom stereocenters. The van der Waals surface area contributed by atoms with Gasteiger partial charge in [0.05, 0.1) is 16.2 Å². The summed E-state index contributed by atoms with van der Waals surface area (Å²) in [6, 6.07) is 4.79. The Kier molecular flexibility index (Phi) is 5.10. The Balaban J connectivity index is 2.18. The van der Waals surface area contributed by atoms with E-state index in [0.717, 1.165) is 17.8 Å². The smallest absolute Gasteiger partial charge is 0.142 e. The Hall–Kier alpha value is -1.01. The summed E-state index contributed by atoms with van der Waals surface area (Å²) in [6.45, 7) is 3.14. The lowest BCUT2D eigenvalue weighted by Crippen LogP contribution is -2.30. The maximum Gasteiger partial charge on any atom is 0.142 e. The Morgan fingerprint density at radius 2 is 2.25 bits per heavy atom. The maximum atomic E-state index is 13.6. The van der Waals surface area contributed by atoms with Gasteiger partial charge >= 0.3 is 0 Å². The second kappa shape index (κ2) is 6.63. The second-order valence-corrected chi connectivity index (χ2v) is 6.05. The number of halogens is 2. The van der Waals surface area contributed by atoms with Crippen molar-refractivity contribution in [2.45, 2.75) is 19.5 Å². The van der Waals surface area contributed by atoms with E-state index in [1.165, 1.54) is 10.9 Å². The first-order valence-corrected chi connectivity index (χ1v) is 7.53. The summed E-state index contributed by atoms with van der Waals surface area (Å²) >= 11 is 7.34. The highest BCUT2D eigenvalue weighted by molar-refractivity contribution is 7.09. The highest BCUT2D eigenvalue weighted by Crippen LogP contribution is 2.25. The fourth-order valence-corrected chi connectivity index (χ4v) is 3.06. The van der Waals surface area contributed by atoms with E-state index < -0.39 is 5.82 Å². The Labute approximate surface area is 127 Å². The van der Waals surface area contributed by atoms with E-state index in [0.29, 0.717) is 6.54 Å². The zero-order valence-electron chi connectivity index (χ0n) is 11.4. The van der Waals surface area contributed by atoms with E-state index in [2.05, 4.69) is 9.88 Å². The number of aromatic nitrogens is 1. The number of rotatable bonds is 5. The molecule has 1 aromatic heterocycles. The molecule has 108 valence electrons. The van der Waals surface area contributed by atoms with E-state index >= 15 is 0 Å². The molecular formula is C14H17ClFN3S. The van der Waals surface area contributed by atoms with E-state index in [4.69, 9.17) is 17.3 Å². The molecule has 1 aromatic carbocycles. The van der Waals surface area contributed by atoms with Crippen LogP contribution in [0.2, 0.25) is 5.02 Å². The molecule has 2 N–H and O–H groups in total. The van der Waals surface area contributed by atoms with Gasteiger partial charge in [0.25, 0.3) is 0 Å². The first-order chi connectivity index (χ1) is 9.52. The van der Waals surface area contributed by atoms with Crippen LogP contribution in [-0.4, -0.2) is 23.5 Å². The van der Waals surface area contributed by atoms with E-state index in [-0.39, 0.29) is 11.1 Å². The molecule has 0 saturated carbocycles. The first-order valence-electron chi connectivity index (χ1n) is 6.27. The van der Waals surface area contributed by atoms with Crippen LogP contribution < -0.4 is 5.73 Å². The zero-order chi connectivity index (χ0) is 14.7. The lowest BCUT2D eigenvalue weighted by molar-refractivity contribution is 0.243.